The van der Waals surface area contributed by atoms with Gasteiger partial charge >= 0.3 is 0 Å². The van der Waals surface area contributed by atoms with Crippen LogP contribution in [-0.2, 0) is 20.0 Å². The van der Waals surface area contributed by atoms with Gasteiger partial charge in [0.2, 0.25) is 0 Å². The quantitative estimate of drug-likeness (QED) is 0.359. The summed E-state index contributed by atoms with van der Waals surface area (Å²) in [7, 11) is 3.73. The molecule has 5 nitrogen and oxygen atoms in total. The standard InChI is InChI=1S/C18H25Cl2N5.HI/c1-11(8-16-12(2)24-25(5)13(16)3)23-18(21-4)22-10-14-6-7-15(19)9-17(14)20;/h6-7,9,11H,8,10H2,1-5H3,(H2,21,22,23);1H. The van der Waals surface area contributed by atoms with Gasteiger partial charge in [0.05, 0.1) is 5.69 Å². The van der Waals surface area contributed by atoms with E-state index in [-0.39, 0.29) is 30.0 Å². The molecular weight excluding hydrogens is 484 g/mol. The lowest BCUT2D eigenvalue weighted by molar-refractivity contribution is 0.635. The molecule has 2 N–H and O–H groups in total. The van der Waals surface area contributed by atoms with Crippen molar-refractivity contribution >= 4 is 53.1 Å². The number of aryl methyl sites for hydroxylation is 2. The molecule has 0 saturated carbocycles. The molecule has 0 fully saturated rings. The molecule has 1 atom stereocenters. The molecule has 144 valence electrons. The van der Waals surface area contributed by atoms with E-state index in [1.807, 2.05) is 30.8 Å². The Morgan fingerprint density at radius 1 is 1.31 bits per heavy atom. The van der Waals surface area contributed by atoms with Crippen molar-refractivity contribution < 1.29 is 0 Å². The molecule has 0 spiro atoms. The first-order valence-corrected chi connectivity index (χ1v) is 8.97. The average molecular weight is 510 g/mol. The van der Waals surface area contributed by atoms with E-state index in [9.17, 15) is 0 Å². The zero-order valence-corrected chi connectivity index (χ0v) is 19.6. The summed E-state index contributed by atoms with van der Waals surface area (Å²) in [4.78, 5) is 4.29. The number of halogens is 3. The molecule has 2 rings (SSSR count). The minimum Gasteiger partial charge on any atom is -0.354 e. The molecule has 0 aliphatic carbocycles. The predicted molar refractivity (Wildman–Crippen MR) is 121 cm³/mol. The molecule has 0 radical (unpaired) electrons. The van der Waals surface area contributed by atoms with Crippen molar-refractivity contribution in [2.45, 2.75) is 39.8 Å². The fraction of sp³-hybridized carbons (Fsp3) is 0.444. The van der Waals surface area contributed by atoms with E-state index >= 15 is 0 Å². The maximum atomic E-state index is 6.21. The summed E-state index contributed by atoms with van der Waals surface area (Å²) in [6.45, 7) is 6.85. The molecule has 2 aromatic rings. The van der Waals surface area contributed by atoms with Crippen LogP contribution in [0.15, 0.2) is 23.2 Å². The zero-order valence-electron chi connectivity index (χ0n) is 15.7. The van der Waals surface area contributed by atoms with Gasteiger partial charge in [-0.1, -0.05) is 29.3 Å². The summed E-state index contributed by atoms with van der Waals surface area (Å²) in [5.74, 6) is 0.734. The van der Waals surface area contributed by atoms with Crippen molar-refractivity contribution in [3.8, 4) is 0 Å². The highest BCUT2D eigenvalue weighted by Crippen LogP contribution is 2.20. The number of aromatic nitrogens is 2. The van der Waals surface area contributed by atoms with Crippen LogP contribution in [0.25, 0.3) is 0 Å². The first-order valence-electron chi connectivity index (χ1n) is 8.22. The number of aliphatic imine (C=N–C) groups is 1. The second-order valence-electron chi connectivity index (χ2n) is 6.18. The molecule has 0 aliphatic rings. The van der Waals surface area contributed by atoms with Crippen molar-refractivity contribution in [1.29, 1.82) is 0 Å². The van der Waals surface area contributed by atoms with Crippen LogP contribution in [0.1, 0.15) is 29.4 Å². The summed E-state index contributed by atoms with van der Waals surface area (Å²) in [5, 5.41) is 12.4. The number of rotatable bonds is 5. The van der Waals surface area contributed by atoms with Gasteiger partial charge in [0.25, 0.3) is 0 Å². The Morgan fingerprint density at radius 2 is 2.00 bits per heavy atom. The third kappa shape index (κ3) is 6.03. The van der Waals surface area contributed by atoms with E-state index in [0.29, 0.717) is 16.6 Å². The minimum absolute atomic E-state index is 0. The maximum Gasteiger partial charge on any atom is 0.191 e. The Balaban J connectivity index is 0.00000338. The van der Waals surface area contributed by atoms with Crippen LogP contribution in [0.4, 0.5) is 0 Å². The van der Waals surface area contributed by atoms with Gasteiger partial charge in [-0.3, -0.25) is 9.67 Å². The highest BCUT2D eigenvalue weighted by molar-refractivity contribution is 14.0. The van der Waals surface area contributed by atoms with Crippen LogP contribution < -0.4 is 10.6 Å². The van der Waals surface area contributed by atoms with Crippen molar-refractivity contribution in [2.24, 2.45) is 12.0 Å². The normalized spacial score (nSPS) is 12.5. The number of benzene rings is 1. The second-order valence-corrected chi connectivity index (χ2v) is 7.03. The number of guanidine groups is 1. The summed E-state index contributed by atoms with van der Waals surface area (Å²) in [5.41, 5.74) is 4.52. The van der Waals surface area contributed by atoms with E-state index in [0.717, 1.165) is 23.6 Å². The lowest BCUT2D eigenvalue weighted by Gasteiger charge is -2.18. The lowest BCUT2D eigenvalue weighted by atomic mass is 10.1. The second kappa shape index (κ2) is 10.4. The molecule has 0 amide bonds. The van der Waals surface area contributed by atoms with Crippen molar-refractivity contribution in [1.82, 2.24) is 20.4 Å². The Labute approximate surface area is 182 Å². The summed E-state index contributed by atoms with van der Waals surface area (Å²) >= 11 is 12.1. The predicted octanol–water partition coefficient (Wildman–Crippen LogP) is 4.26. The molecule has 1 unspecified atom stereocenters. The van der Waals surface area contributed by atoms with Crippen LogP contribution in [0.3, 0.4) is 0 Å². The Hall–Kier alpha value is -0.990. The van der Waals surface area contributed by atoms with E-state index in [2.05, 4.69) is 34.6 Å². The SMILES string of the molecule is CN=C(NCc1ccc(Cl)cc1Cl)NC(C)Cc1c(C)nn(C)c1C.I. The van der Waals surface area contributed by atoms with Crippen LogP contribution in [0.5, 0.6) is 0 Å². The average Bonchev–Trinajstić information content (AvgIpc) is 2.79. The zero-order chi connectivity index (χ0) is 18.6. The maximum absolute atomic E-state index is 6.21. The monoisotopic (exact) mass is 509 g/mol. The largest absolute Gasteiger partial charge is 0.354 e. The van der Waals surface area contributed by atoms with Gasteiger partial charge < -0.3 is 10.6 Å². The minimum atomic E-state index is 0. The fourth-order valence-corrected chi connectivity index (χ4v) is 3.22. The molecule has 26 heavy (non-hydrogen) atoms. The molecular formula is C18H26Cl2IN5. The molecule has 1 heterocycles. The van der Waals surface area contributed by atoms with E-state index in [1.165, 1.54) is 11.3 Å². The lowest BCUT2D eigenvalue weighted by Crippen LogP contribution is -2.42. The van der Waals surface area contributed by atoms with Crippen LogP contribution in [0.2, 0.25) is 10.0 Å². The number of hydrogen-bond acceptors (Lipinski definition) is 2. The Bertz CT molecular complexity index is 773. The third-order valence-corrected chi connectivity index (χ3v) is 4.82. The molecule has 1 aromatic heterocycles. The number of hydrogen-bond donors (Lipinski definition) is 2. The van der Waals surface area contributed by atoms with Gasteiger partial charge in [0.15, 0.2) is 5.96 Å². The van der Waals surface area contributed by atoms with Gasteiger partial charge in [0.1, 0.15) is 0 Å². The van der Waals surface area contributed by atoms with Gasteiger partial charge in [0, 0.05) is 42.4 Å². The van der Waals surface area contributed by atoms with Crippen LogP contribution >= 0.6 is 47.2 Å². The molecule has 0 saturated heterocycles. The summed E-state index contributed by atoms with van der Waals surface area (Å²) in [6.07, 6.45) is 0.883. The summed E-state index contributed by atoms with van der Waals surface area (Å²) in [6, 6.07) is 5.70. The Kier molecular flexibility index (Phi) is 9.19. The molecule has 0 bridgehead atoms. The van der Waals surface area contributed by atoms with E-state index in [4.69, 9.17) is 23.2 Å². The van der Waals surface area contributed by atoms with Gasteiger partial charge in [-0.25, -0.2) is 0 Å². The Morgan fingerprint density at radius 3 is 2.54 bits per heavy atom. The smallest absolute Gasteiger partial charge is 0.191 e. The van der Waals surface area contributed by atoms with Crippen molar-refractivity contribution in [3.63, 3.8) is 0 Å². The first-order chi connectivity index (χ1) is 11.8. The van der Waals surface area contributed by atoms with Gasteiger partial charge in [-0.05, 0) is 50.5 Å². The van der Waals surface area contributed by atoms with Crippen LogP contribution in [-0.4, -0.2) is 28.8 Å². The van der Waals surface area contributed by atoms with Gasteiger partial charge in [-0.15, -0.1) is 24.0 Å². The van der Waals surface area contributed by atoms with E-state index < -0.39 is 0 Å². The summed E-state index contributed by atoms with van der Waals surface area (Å²) < 4.78 is 1.92. The number of nitrogens with zero attached hydrogens (tertiary/aromatic N) is 3. The highest BCUT2D eigenvalue weighted by Gasteiger charge is 2.14. The van der Waals surface area contributed by atoms with Crippen molar-refractivity contribution in [3.05, 3.63) is 50.8 Å². The molecule has 0 aliphatic heterocycles. The fourth-order valence-electron chi connectivity index (χ4n) is 2.74. The van der Waals surface area contributed by atoms with Crippen LogP contribution in [0, 0.1) is 13.8 Å². The molecule has 1 aromatic carbocycles. The third-order valence-electron chi connectivity index (χ3n) is 4.24. The number of nitrogens with one attached hydrogen (secondary N) is 2. The van der Waals surface area contributed by atoms with Gasteiger partial charge in [-0.2, -0.15) is 5.10 Å². The topological polar surface area (TPSA) is 54.2 Å². The first kappa shape index (κ1) is 23.0. The molecule has 8 heteroatoms. The van der Waals surface area contributed by atoms with E-state index in [1.54, 1.807) is 13.1 Å². The highest BCUT2D eigenvalue weighted by atomic mass is 127. The van der Waals surface area contributed by atoms with Crippen molar-refractivity contribution in [2.75, 3.05) is 7.05 Å².